The molecule has 124 valence electrons. The number of benzene rings is 1. The number of hydrogen-bond acceptors (Lipinski definition) is 7. The molecule has 0 amide bonds. The zero-order chi connectivity index (χ0) is 17.5. The third-order valence-corrected chi connectivity index (χ3v) is 3.73. The summed E-state index contributed by atoms with van der Waals surface area (Å²) in [7, 11) is 0. The van der Waals surface area contributed by atoms with Crippen LogP contribution in [-0.4, -0.2) is 16.1 Å². The first-order chi connectivity index (χ1) is 11.2. The van der Waals surface area contributed by atoms with Crippen molar-refractivity contribution in [2.75, 3.05) is 5.73 Å². The molecule has 3 rings (SSSR count). The summed E-state index contributed by atoms with van der Waals surface area (Å²) in [6.07, 6.45) is -4.05. The summed E-state index contributed by atoms with van der Waals surface area (Å²) in [5.41, 5.74) is 1.92. The molecule has 0 fully saturated rings. The first kappa shape index (κ1) is 16.5. The first-order valence-electron chi connectivity index (χ1n) is 6.24. The van der Waals surface area contributed by atoms with Crippen molar-refractivity contribution in [2.45, 2.75) is 11.8 Å². The molecule has 12 heteroatoms. The molecule has 0 radical (unpaired) electrons. The highest BCUT2D eigenvalue weighted by atomic mass is 35.5. The topological polar surface area (TPSA) is 101 Å². The molecule has 1 aliphatic heterocycles. The lowest BCUT2D eigenvalue weighted by molar-refractivity contribution is -0.187. The van der Waals surface area contributed by atoms with E-state index in [-0.39, 0.29) is 22.2 Å². The van der Waals surface area contributed by atoms with Crippen molar-refractivity contribution >= 4 is 29.2 Å². The fourth-order valence-corrected chi connectivity index (χ4v) is 2.60. The Morgan fingerprint density at radius 2 is 1.75 bits per heavy atom. The smallest absolute Gasteiger partial charge is 0.368 e. The van der Waals surface area contributed by atoms with E-state index in [1.165, 1.54) is 18.2 Å². The van der Waals surface area contributed by atoms with Crippen molar-refractivity contribution in [1.29, 1.82) is 0 Å². The summed E-state index contributed by atoms with van der Waals surface area (Å²) in [4.78, 5) is 7.48. The van der Waals surface area contributed by atoms with E-state index < -0.39 is 17.4 Å². The molecule has 2 N–H and O–H groups in total. The molecular formula is C12H6Cl2F3N7. The van der Waals surface area contributed by atoms with Crippen LogP contribution in [0.25, 0.3) is 11.3 Å². The van der Waals surface area contributed by atoms with Gasteiger partial charge in [-0.2, -0.15) is 13.2 Å². The lowest BCUT2D eigenvalue weighted by Gasteiger charge is -2.24. The monoisotopic (exact) mass is 375 g/mol. The maximum absolute atomic E-state index is 13.6. The second-order valence-corrected chi connectivity index (χ2v) is 5.51. The van der Waals surface area contributed by atoms with Crippen molar-refractivity contribution in [2.24, 2.45) is 20.7 Å². The lowest BCUT2D eigenvalue weighted by atomic mass is 9.96. The van der Waals surface area contributed by atoms with E-state index >= 15 is 0 Å². The van der Waals surface area contributed by atoms with Crippen LogP contribution in [0.4, 0.5) is 19.1 Å². The van der Waals surface area contributed by atoms with Gasteiger partial charge in [0.2, 0.25) is 5.95 Å². The van der Waals surface area contributed by atoms with Crippen LogP contribution in [0.1, 0.15) is 5.56 Å². The zero-order valence-corrected chi connectivity index (χ0v) is 13.0. The molecule has 2 heterocycles. The molecule has 0 saturated heterocycles. The fraction of sp³-hybridized carbons (Fsp3) is 0.167. The van der Waals surface area contributed by atoms with Gasteiger partial charge in [-0.3, -0.25) is 0 Å². The Kier molecular flexibility index (Phi) is 3.88. The number of alkyl halides is 3. The normalized spacial score (nSPS) is 15.9. The summed E-state index contributed by atoms with van der Waals surface area (Å²) in [5.74, 6) is -0.246. The molecule has 0 spiro atoms. The largest absolute Gasteiger partial charge is 0.442 e. The quantitative estimate of drug-likeness (QED) is 0.830. The van der Waals surface area contributed by atoms with Gasteiger partial charge in [-0.05, 0) is 28.6 Å². The third-order valence-electron chi connectivity index (χ3n) is 3.18. The van der Waals surface area contributed by atoms with E-state index in [1.807, 2.05) is 0 Å². The Morgan fingerprint density at radius 3 is 2.33 bits per heavy atom. The van der Waals surface area contributed by atoms with E-state index in [2.05, 4.69) is 30.6 Å². The van der Waals surface area contributed by atoms with Crippen LogP contribution >= 0.6 is 23.2 Å². The highest BCUT2D eigenvalue weighted by molar-refractivity contribution is 6.36. The summed E-state index contributed by atoms with van der Waals surface area (Å²) >= 11 is 11.9. The minimum atomic E-state index is -4.93. The van der Waals surface area contributed by atoms with E-state index in [4.69, 9.17) is 28.9 Å². The van der Waals surface area contributed by atoms with Crippen LogP contribution in [0, 0.1) is 0 Å². The van der Waals surface area contributed by atoms with Gasteiger partial charge in [0, 0.05) is 16.8 Å². The van der Waals surface area contributed by atoms with Gasteiger partial charge in [0.1, 0.15) is 0 Å². The highest BCUT2D eigenvalue weighted by Gasteiger charge is 2.61. The molecule has 2 aromatic rings. The predicted octanol–water partition coefficient (Wildman–Crippen LogP) is 4.58. The van der Waals surface area contributed by atoms with E-state index in [0.717, 1.165) is 6.20 Å². The van der Waals surface area contributed by atoms with E-state index in [1.54, 1.807) is 0 Å². The van der Waals surface area contributed by atoms with Crippen molar-refractivity contribution < 1.29 is 13.2 Å². The number of nitrogens with two attached hydrogens (primary N) is 1. The van der Waals surface area contributed by atoms with Gasteiger partial charge in [-0.15, -0.1) is 10.2 Å². The van der Waals surface area contributed by atoms with Crippen LogP contribution in [0.2, 0.25) is 10.0 Å². The Balaban J connectivity index is 2.31. The standard InChI is InChI=1S/C12H6Cl2F3N7/c13-5-1-2-6(8(14)3-5)9-7(4-19-10(18)20-9)11(12(15,16)17)21-23-24-22-11/h1-4H,(H2,18,19,20). The maximum Gasteiger partial charge on any atom is 0.442 e. The van der Waals surface area contributed by atoms with Crippen molar-refractivity contribution in [3.63, 3.8) is 0 Å². The number of anilines is 1. The van der Waals surface area contributed by atoms with E-state index in [9.17, 15) is 13.2 Å². The number of nitrogens with zero attached hydrogens (tertiary/aromatic N) is 6. The Bertz CT molecular complexity index is 854. The van der Waals surface area contributed by atoms with Crippen LogP contribution in [-0.2, 0) is 5.66 Å². The zero-order valence-electron chi connectivity index (χ0n) is 11.5. The number of rotatable bonds is 2. The summed E-state index contributed by atoms with van der Waals surface area (Å²) in [6.45, 7) is 0. The lowest BCUT2D eigenvalue weighted by Crippen LogP contribution is -2.38. The minimum Gasteiger partial charge on any atom is -0.368 e. The van der Waals surface area contributed by atoms with Gasteiger partial charge in [-0.25, -0.2) is 9.97 Å². The molecule has 0 aliphatic carbocycles. The molecular weight excluding hydrogens is 370 g/mol. The average Bonchev–Trinajstić information content (AvgIpc) is 2.97. The number of nitrogen functional groups attached to an aromatic ring is 1. The molecule has 0 atom stereocenters. The van der Waals surface area contributed by atoms with Crippen LogP contribution in [0.5, 0.6) is 0 Å². The van der Waals surface area contributed by atoms with Gasteiger partial charge in [0.05, 0.1) is 16.3 Å². The van der Waals surface area contributed by atoms with Gasteiger partial charge >= 0.3 is 11.8 Å². The van der Waals surface area contributed by atoms with Crippen LogP contribution in [0.3, 0.4) is 0 Å². The number of aromatic nitrogens is 2. The molecule has 0 bridgehead atoms. The van der Waals surface area contributed by atoms with Crippen LogP contribution in [0.15, 0.2) is 45.1 Å². The molecule has 24 heavy (non-hydrogen) atoms. The Labute approximate surface area is 142 Å². The van der Waals surface area contributed by atoms with Crippen LogP contribution < -0.4 is 5.73 Å². The van der Waals surface area contributed by atoms with Gasteiger partial charge < -0.3 is 5.73 Å². The van der Waals surface area contributed by atoms with Crippen molar-refractivity contribution in [1.82, 2.24) is 9.97 Å². The molecule has 1 aromatic carbocycles. The number of halogens is 5. The van der Waals surface area contributed by atoms with Crippen molar-refractivity contribution in [3.8, 4) is 11.3 Å². The summed E-state index contributed by atoms with van der Waals surface area (Å²) in [6, 6.07) is 4.21. The predicted molar refractivity (Wildman–Crippen MR) is 79.3 cm³/mol. The first-order valence-corrected chi connectivity index (χ1v) is 6.99. The Hall–Kier alpha value is -2.33. The molecule has 0 unspecified atom stereocenters. The number of hydrogen-bond donors (Lipinski definition) is 1. The SMILES string of the molecule is Nc1ncc(C2(C(F)(F)F)N=NN=N2)c(-c2ccc(Cl)cc2Cl)n1. The van der Waals surface area contributed by atoms with Gasteiger partial charge in [-0.1, -0.05) is 23.2 Å². The second kappa shape index (κ2) is 5.64. The van der Waals surface area contributed by atoms with Crippen molar-refractivity contribution in [3.05, 3.63) is 40.0 Å². The fourth-order valence-electron chi connectivity index (χ4n) is 2.10. The average molecular weight is 376 g/mol. The van der Waals surface area contributed by atoms with E-state index in [0.29, 0.717) is 5.02 Å². The molecule has 1 aromatic heterocycles. The van der Waals surface area contributed by atoms with Gasteiger partial charge in [0.15, 0.2) is 0 Å². The molecule has 0 saturated carbocycles. The maximum atomic E-state index is 13.6. The minimum absolute atomic E-state index is 0.0750. The second-order valence-electron chi connectivity index (χ2n) is 4.66. The molecule has 1 aliphatic rings. The highest BCUT2D eigenvalue weighted by Crippen LogP contribution is 2.49. The molecule has 7 nitrogen and oxygen atoms in total. The van der Waals surface area contributed by atoms with Gasteiger partial charge in [0.25, 0.3) is 0 Å². The third kappa shape index (κ3) is 2.57. The summed E-state index contributed by atoms with van der Waals surface area (Å²) in [5, 5.41) is 12.7. The summed E-state index contributed by atoms with van der Waals surface area (Å²) < 4.78 is 40.8. The Morgan fingerprint density at radius 1 is 1.08 bits per heavy atom.